The van der Waals surface area contributed by atoms with Gasteiger partial charge in [-0.3, -0.25) is 4.68 Å². The Morgan fingerprint density at radius 3 is 3.05 bits per heavy atom. The van der Waals surface area contributed by atoms with Crippen LogP contribution in [0.25, 0.3) is 11.1 Å². The molecule has 0 saturated carbocycles. The summed E-state index contributed by atoms with van der Waals surface area (Å²) >= 11 is 1.60. The zero-order valence-electron chi connectivity index (χ0n) is 10.5. The second-order valence-corrected chi connectivity index (χ2v) is 5.30. The van der Waals surface area contributed by atoms with Crippen LogP contribution in [0.5, 0.6) is 0 Å². The highest BCUT2D eigenvalue weighted by molar-refractivity contribution is 7.99. The molecule has 19 heavy (non-hydrogen) atoms. The molecule has 0 radical (unpaired) electrons. The number of aromatic nitrogens is 3. The predicted octanol–water partition coefficient (Wildman–Crippen LogP) is 2.48. The summed E-state index contributed by atoms with van der Waals surface area (Å²) in [6, 6.07) is 7.52. The Kier molecular flexibility index (Phi) is 3.16. The van der Waals surface area contributed by atoms with Crippen LogP contribution >= 0.6 is 11.8 Å². The van der Waals surface area contributed by atoms with Crippen LogP contribution in [0.1, 0.15) is 5.69 Å². The maximum Gasteiger partial charge on any atom is 0.256 e. The topological polar surface area (TPSA) is 69.9 Å². The van der Waals surface area contributed by atoms with E-state index in [9.17, 15) is 0 Å². The Bertz CT molecular complexity index is 704. The normalized spacial score (nSPS) is 11.2. The van der Waals surface area contributed by atoms with Gasteiger partial charge in [0.1, 0.15) is 5.52 Å². The molecule has 0 unspecified atom stereocenters. The lowest BCUT2D eigenvalue weighted by molar-refractivity contribution is 0.489. The van der Waals surface area contributed by atoms with Gasteiger partial charge in [0.2, 0.25) is 0 Å². The van der Waals surface area contributed by atoms with Crippen LogP contribution in [0.3, 0.4) is 0 Å². The molecular weight excluding hydrogens is 260 g/mol. The van der Waals surface area contributed by atoms with E-state index >= 15 is 0 Å². The zero-order chi connectivity index (χ0) is 13.2. The molecule has 6 heteroatoms. The molecule has 0 aliphatic rings. The van der Waals surface area contributed by atoms with Crippen molar-refractivity contribution in [2.24, 2.45) is 7.05 Å². The standard InChI is InChI=1S/C13H14N4OS/c1-17-10(4-6-15-17)5-7-19-13-16-11-3-2-9(14)8-12(11)18-13/h2-4,6,8H,5,7,14H2,1H3. The number of hydrogen-bond acceptors (Lipinski definition) is 5. The third kappa shape index (κ3) is 2.58. The Morgan fingerprint density at radius 1 is 1.37 bits per heavy atom. The van der Waals surface area contributed by atoms with Gasteiger partial charge in [0.25, 0.3) is 5.22 Å². The molecule has 0 aliphatic heterocycles. The highest BCUT2D eigenvalue weighted by Crippen LogP contribution is 2.25. The number of hydrogen-bond donors (Lipinski definition) is 1. The van der Waals surface area contributed by atoms with Crippen LogP contribution in [0.4, 0.5) is 5.69 Å². The summed E-state index contributed by atoms with van der Waals surface area (Å²) in [5.41, 5.74) is 9.18. The van der Waals surface area contributed by atoms with Crippen LogP contribution < -0.4 is 5.73 Å². The number of oxazole rings is 1. The number of anilines is 1. The summed E-state index contributed by atoms with van der Waals surface area (Å²) in [5.74, 6) is 0.905. The fraction of sp³-hybridized carbons (Fsp3) is 0.231. The highest BCUT2D eigenvalue weighted by atomic mass is 32.2. The van der Waals surface area contributed by atoms with Gasteiger partial charge in [0, 0.05) is 36.4 Å². The van der Waals surface area contributed by atoms with Crippen molar-refractivity contribution in [3.8, 4) is 0 Å². The van der Waals surface area contributed by atoms with Crippen LogP contribution in [0, 0.1) is 0 Å². The molecule has 3 rings (SSSR count). The van der Waals surface area contributed by atoms with E-state index in [4.69, 9.17) is 10.2 Å². The summed E-state index contributed by atoms with van der Waals surface area (Å²) in [7, 11) is 1.95. The quantitative estimate of drug-likeness (QED) is 0.584. The van der Waals surface area contributed by atoms with E-state index < -0.39 is 0 Å². The number of benzene rings is 1. The molecule has 0 saturated heterocycles. The van der Waals surface area contributed by atoms with Gasteiger partial charge in [0.15, 0.2) is 5.58 Å². The lowest BCUT2D eigenvalue weighted by Crippen LogP contribution is -1.99. The first-order valence-corrected chi connectivity index (χ1v) is 6.97. The second kappa shape index (κ2) is 4.97. The van der Waals surface area contributed by atoms with E-state index in [1.165, 1.54) is 5.69 Å². The lowest BCUT2D eigenvalue weighted by Gasteiger charge is -1.99. The van der Waals surface area contributed by atoms with E-state index in [0.29, 0.717) is 10.9 Å². The molecule has 0 bridgehead atoms. The number of aryl methyl sites for hydroxylation is 2. The van der Waals surface area contributed by atoms with Crippen molar-refractivity contribution in [2.75, 3.05) is 11.5 Å². The number of fused-ring (bicyclic) bond motifs is 1. The summed E-state index contributed by atoms with van der Waals surface area (Å²) in [5, 5.41) is 4.82. The van der Waals surface area contributed by atoms with E-state index in [2.05, 4.69) is 10.1 Å². The summed E-state index contributed by atoms with van der Waals surface area (Å²) in [6.45, 7) is 0. The fourth-order valence-electron chi connectivity index (χ4n) is 1.87. The van der Waals surface area contributed by atoms with E-state index in [1.807, 2.05) is 36.1 Å². The van der Waals surface area contributed by atoms with Crippen LogP contribution in [0.15, 0.2) is 40.1 Å². The number of nitrogens with two attached hydrogens (primary N) is 1. The minimum absolute atomic E-state index is 0.683. The Balaban J connectivity index is 1.67. The summed E-state index contributed by atoms with van der Waals surface area (Å²) < 4.78 is 7.53. The minimum atomic E-state index is 0.683. The molecule has 0 amide bonds. The highest BCUT2D eigenvalue weighted by Gasteiger charge is 2.07. The first-order chi connectivity index (χ1) is 9.22. The Labute approximate surface area is 114 Å². The number of rotatable bonds is 4. The Hall–Kier alpha value is -1.95. The van der Waals surface area contributed by atoms with Crippen molar-refractivity contribution in [3.63, 3.8) is 0 Å². The third-order valence-electron chi connectivity index (χ3n) is 2.90. The van der Waals surface area contributed by atoms with Gasteiger partial charge >= 0.3 is 0 Å². The average molecular weight is 274 g/mol. The number of nitrogen functional groups attached to an aromatic ring is 1. The molecule has 0 aliphatic carbocycles. The second-order valence-electron chi connectivity index (χ2n) is 4.25. The van der Waals surface area contributed by atoms with Crippen molar-refractivity contribution in [2.45, 2.75) is 11.6 Å². The smallest absolute Gasteiger partial charge is 0.256 e. The molecule has 2 heterocycles. The molecule has 5 nitrogen and oxygen atoms in total. The van der Waals surface area contributed by atoms with Gasteiger partial charge in [-0.2, -0.15) is 5.10 Å². The maximum atomic E-state index is 5.71. The first-order valence-electron chi connectivity index (χ1n) is 5.98. The average Bonchev–Trinajstić information content (AvgIpc) is 2.95. The molecule has 2 N–H and O–H groups in total. The molecule has 0 spiro atoms. The van der Waals surface area contributed by atoms with Crippen LogP contribution in [-0.4, -0.2) is 20.5 Å². The van der Waals surface area contributed by atoms with Gasteiger partial charge in [-0.25, -0.2) is 4.98 Å². The van der Waals surface area contributed by atoms with Gasteiger partial charge in [-0.15, -0.1) is 0 Å². The first kappa shape index (κ1) is 12.1. The molecule has 3 aromatic rings. The van der Waals surface area contributed by atoms with Gasteiger partial charge < -0.3 is 10.2 Å². The predicted molar refractivity (Wildman–Crippen MR) is 76.1 cm³/mol. The maximum absolute atomic E-state index is 5.71. The summed E-state index contributed by atoms with van der Waals surface area (Å²) in [4.78, 5) is 4.41. The SMILES string of the molecule is Cn1nccc1CCSc1nc2ccc(N)cc2o1. The molecule has 2 aromatic heterocycles. The number of nitrogens with zero attached hydrogens (tertiary/aromatic N) is 3. The largest absolute Gasteiger partial charge is 0.431 e. The van der Waals surface area contributed by atoms with E-state index in [1.54, 1.807) is 17.8 Å². The molecule has 0 atom stereocenters. The van der Waals surface area contributed by atoms with Crippen molar-refractivity contribution in [1.82, 2.24) is 14.8 Å². The molecule has 1 aromatic carbocycles. The van der Waals surface area contributed by atoms with Gasteiger partial charge in [0.05, 0.1) is 0 Å². The van der Waals surface area contributed by atoms with Crippen LogP contribution in [0.2, 0.25) is 0 Å². The number of thioether (sulfide) groups is 1. The van der Waals surface area contributed by atoms with Crippen molar-refractivity contribution >= 4 is 28.5 Å². The van der Waals surface area contributed by atoms with Crippen molar-refractivity contribution in [3.05, 3.63) is 36.2 Å². The van der Waals surface area contributed by atoms with Crippen molar-refractivity contribution in [1.29, 1.82) is 0 Å². The molecular formula is C13H14N4OS. The van der Waals surface area contributed by atoms with Gasteiger partial charge in [-0.1, -0.05) is 11.8 Å². The van der Waals surface area contributed by atoms with Crippen LogP contribution in [-0.2, 0) is 13.5 Å². The van der Waals surface area contributed by atoms with E-state index in [0.717, 1.165) is 23.3 Å². The summed E-state index contributed by atoms with van der Waals surface area (Å²) in [6.07, 6.45) is 2.74. The fourth-order valence-corrected chi connectivity index (χ4v) is 2.67. The van der Waals surface area contributed by atoms with Gasteiger partial charge in [-0.05, 0) is 24.6 Å². The lowest BCUT2D eigenvalue weighted by atomic mass is 10.3. The van der Waals surface area contributed by atoms with E-state index in [-0.39, 0.29) is 0 Å². The third-order valence-corrected chi connectivity index (χ3v) is 3.73. The minimum Gasteiger partial charge on any atom is -0.431 e. The molecule has 0 fully saturated rings. The zero-order valence-corrected chi connectivity index (χ0v) is 11.4. The molecule has 98 valence electrons. The monoisotopic (exact) mass is 274 g/mol. The Morgan fingerprint density at radius 2 is 2.26 bits per heavy atom. The van der Waals surface area contributed by atoms with Crippen molar-refractivity contribution < 1.29 is 4.42 Å².